The Morgan fingerprint density at radius 2 is 1.50 bits per heavy atom. The van der Waals surface area contributed by atoms with Crippen LogP contribution in [0.15, 0.2) is 12.1 Å². The number of rotatable bonds is 8. The summed E-state index contributed by atoms with van der Waals surface area (Å²) < 4.78 is 16.2. The molecule has 1 rings (SSSR count). The Morgan fingerprint density at radius 3 is 1.80 bits per heavy atom. The second-order valence-corrected chi connectivity index (χ2v) is 4.78. The normalized spacial score (nSPS) is 13.7. The first kappa shape index (κ1) is 16.6. The van der Waals surface area contributed by atoms with E-state index in [0.717, 1.165) is 12.8 Å². The first-order chi connectivity index (χ1) is 9.66. The van der Waals surface area contributed by atoms with Crippen LogP contribution in [0.4, 0.5) is 0 Å². The summed E-state index contributed by atoms with van der Waals surface area (Å²) in [5.74, 6) is 2.49. The van der Waals surface area contributed by atoms with Gasteiger partial charge in [-0.2, -0.15) is 0 Å². The SMILES string of the molecule is CCC(NC)C(CC)c1cc(OC)c(OC)c(OC)c1. The lowest BCUT2D eigenvalue weighted by molar-refractivity contribution is 0.322. The lowest BCUT2D eigenvalue weighted by Crippen LogP contribution is -2.31. The molecule has 0 bridgehead atoms. The molecule has 1 N–H and O–H groups in total. The topological polar surface area (TPSA) is 39.7 Å². The molecule has 4 heteroatoms. The van der Waals surface area contributed by atoms with E-state index in [1.54, 1.807) is 21.3 Å². The van der Waals surface area contributed by atoms with Gasteiger partial charge in [0.25, 0.3) is 0 Å². The van der Waals surface area contributed by atoms with E-state index in [0.29, 0.717) is 29.2 Å². The van der Waals surface area contributed by atoms with E-state index in [1.807, 2.05) is 7.05 Å². The van der Waals surface area contributed by atoms with E-state index >= 15 is 0 Å². The predicted molar refractivity (Wildman–Crippen MR) is 82.3 cm³/mol. The highest BCUT2D eigenvalue weighted by Gasteiger charge is 2.22. The van der Waals surface area contributed by atoms with Crippen LogP contribution in [-0.4, -0.2) is 34.4 Å². The van der Waals surface area contributed by atoms with Crippen molar-refractivity contribution in [2.24, 2.45) is 0 Å². The van der Waals surface area contributed by atoms with Crippen LogP contribution in [0.5, 0.6) is 17.2 Å². The Morgan fingerprint density at radius 1 is 0.950 bits per heavy atom. The highest BCUT2D eigenvalue weighted by Crippen LogP contribution is 2.41. The number of ether oxygens (including phenoxy) is 3. The summed E-state index contributed by atoms with van der Waals surface area (Å²) in [6, 6.07) is 4.54. The van der Waals surface area contributed by atoms with Gasteiger partial charge < -0.3 is 19.5 Å². The van der Waals surface area contributed by atoms with Crippen LogP contribution in [-0.2, 0) is 0 Å². The van der Waals surface area contributed by atoms with Crippen molar-refractivity contribution in [1.82, 2.24) is 5.32 Å². The third kappa shape index (κ3) is 3.37. The van der Waals surface area contributed by atoms with Gasteiger partial charge in [0.1, 0.15) is 0 Å². The Bertz CT molecular complexity index is 391. The summed E-state index contributed by atoms with van der Waals surface area (Å²) in [6.07, 6.45) is 2.13. The first-order valence-corrected chi connectivity index (χ1v) is 7.13. The highest BCUT2D eigenvalue weighted by molar-refractivity contribution is 5.54. The molecule has 2 unspecified atom stereocenters. The Labute approximate surface area is 122 Å². The third-order valence-electron chi connectivity index (χ3n) is 3.85. The largest absolute Gasteiger partial charge is 0.493 e. The molecule has 0 radical (unpaired) electrons. The van der Waals surface area contributed by atoms with Crippen molar-refractivity contribution in [1.29, 1.82) is 0 Å². The fraction of sp³-hybridized carbons (Fsp3) is 0.625. The molecular formula is C16H27NO3. The minimum absolute atomic E-state index is 0.415. The van der Waals surface area contributed by atoms with Gasteiger partial charge in [0.05, 0.1) is 21.3 Å². The maximum absolute atomic E-state index is 5.44. The molecule has 0 amide bonds. The van der Waals surface area contributed by atoms with Gasteiger partial charge in [0, 0.05) is 6.04 Å². The van der Waals surface area contributed by atoms with Crippen molar-refractivity contribution in [2.45, 2.75) is 38.6 Å². The zero-order valence-electron chi connectivity index (χ0n) is 13.4. The average molecular weight is 281 g/mol. The predicted octanol–water partition coefficient (Wildman–Crippen LogP) is 3.20. The Kier molecular flexibility index (Phi) is 6.65. The number of hydrogen-bond donors (Lipinski definition) is 1. The van der Waals surface area contributed by atoms with Crippen molar-refractivity contribution >= 4 is 0 Å². The second-order valence-electron chi connectivity index (χ2n) is 4.78. The third-order valence-corrected chi connectivity index (χ3v) is 3.85. The second kappa shape index (κ2) is 8.00. The minimum Gasteiger partial charge on any atom is -0.493 e. The van der Waals surface area contributed by atoms with Crippen LogP contribution < -0.4 is 19.5 Å². The maximum atomic E-state index is 5.44. The molecule has 0 aromatic heterocycles. The summed E-state index contributed by atoms with van der Waals surface area (Å²) in [5.41, 5.74) is 1.21. The average Bonchev–Trinajstić information content (AvgIpc) is 2.50. The van der Waals surface area contributed by atoms with Gasteiger partial charge >= 0.3 is 0 Å². The van der Waals surface area contributed by atoms with Gasteiger partial charge in [-0.3, -0.25) is 0 Å². The fourth-order valence-corrected chi connectivity index (χ4v) is 2.76. The van der Waals surface area contributed by atoms with Crippen LogP contribution in [0, 0.1) is 0 Å². The van der Waals surface area contributed by atoms with Crippen LogP contribution in [0.3, 0.4) is 0 Å². The molecule has 114 valence electrons. The summed E-state index contributed by atoms with van der Waals surface area (Å²) in [4.78, 5) is 0. The van der Waals surface area contributed by atoms with Crippen molar-refractivity contribution < 1.29 is 14.2 Å². The van der Waals surface area contributed by atoms with Gasteiger partial charge in [-0.15, -0.1) is 0 Å². The maximum Gasteiger partial charge on any atom is 0.203 e. The van der Waals surface area contributed by atoms with Gasteiger partial charge in [0.15, 0.2) is 11.5 Å². The molecule has 0 fully saturated rings. The number of nitrogens with one attached hydrogen (secondary N) is 1. The molecule has 0 spiro atoms. The van der Waals surface area contributed by atoms with E-state index in [4.69, 9.17) is 14.2 Å². The molecule has 2 atom stereocenters. The molecule has 0 heterocycles. The Balaban J connectivity index is 3.29. The van der Waals surface area contributed by atoms with Crippen molar-refractivity contribution in [3.8, 4) is 17.2 Å². The molecule has 0 aliphatic heterocycles. The van der Waals surface area contributed by atoms with Gasteiger partial charge in [0.2, 0.25) is 5.75 Å². The number of methoxy groups -OCH3 is 3. The monoisotopic (exact) mass is 281 g/mol. The van der Waals surface area contributed by atoms with E-state index in [-0.39, 0.29) is 0 Å². The summed E-state index contributed by atoms with van der Waals surface area (Å²) in [5, 5.41) is 3.39. The smallest absolute Gasteiger partial charge is 0.203 e. The minimum atomic E-state index is 0.415. The van der Waals surface area contributed by atoms with Gasteiger partial charge in [-0.1, -0.05) is 13.8 Å². The number of hydrogen-bond acceptors (Lipinski definition) is 4. The van der Waals surface area contributed by atoms with E-state index in [2.05, 4.69) is 31.3 Å². The number of benzene rings is 1. The highest BCUT2D eigenvalue weighted by atomic mass is 16.5. The van der Waals surface area contributed by atoms with Crippen molar-refractivity contribution in [3.05, 3.63) is 17.7 Å². The molecule has 4 nitrogen and oxygen atoms in total. The zero-order valence-corrected chi connectivity index (χ0v) is 13.4. The first-order valence-electron chi connectivity index (χ1n) is 7.13. The zero-order chi connectivity index (χ0) is 15.1. The Hall–Kier alpha value is -1.42. The quantitative estimate of drug-likeness (QED) is 0.794. The van der Waals surface area contributed by atoms with Gasteiger partial charge in [-0.25, -0.2) is 0 Å². The van der Waals surface area contributed by atoms with Crippen molar-refractivity contribution in [2.75, 3.05) is 28.4 Å². The fourth-order valence-electron chi connectivity index (χ4n) is 2.76. The molecule has 0 saturated heterocycles. The summed E-state index contributed by atoms with van der Waals surface area (Å²) >= 11 is 0. The summed E-state index contributed by atoms with van der Waals surface area (Å²) in [6.45, 7) is 4.40. The van der Waals surface area contributed by atoms with E-state index < -0.39 is 0 Å². The molecule has 0 aliphatic carbocycles. The molecule has 0 saturated carbocycles. The van der Waals surface area contributed by atoms with Crippen LogP contribution >= 0.6 is 0 Å². The molecular weight excluding hydrogens is 254 g/mol. The van der Waals surface area contributed by atoms with Gasteiger partial charge in [-0.05, 0) is 43.5 Å². The van der Waals surface area contributed by atoms with E-state index in [9.17, 15) is 0 Å². The molecule has 1 aromatic carbocycles. The van der Waals surface area contributed by atoms with Crippen LogP contribution in [0.2, 0.25) is 0 Å². The van der Waals surface area contributed by atoms with Crippen molar-refractivity contribution in [3.63, 3.8) is 0 Å². The molecule has 1 aromatic rings. The van der Waals surface area contributed by atoms with Crippen LogP contribution in [0.1, 0.15) is 38.2 Å². The number of likely N-dealkylation sites (N-methyl/N-ethyl adjacent to an activating group) is 1. The standard InChI is InChI=1S/C16H27NO3/c1-7-12(13(8-2)17-3)11-9-14(18-4)16(20-6)15(10-11)19-5/h9-10,12-13,17H,7-8H2,1-6H3. The molecule has 0 aliphatic rings. The van der Waals surface area contributed by atoms with Crippen LogP contribution in [0.25, 0.3) is 0 Å². The summed E-state index contributed by atoms with van der Waals surface area (Å²) in [7, 11) is 6.93. The van der Waals surface area contributed by atoms with E-state index in [1.165, 1.54) is 5.56 Å². The molecule has 20 heavy (non-hydrogen) atoms. The lowest BCUT2D eigenvalue weighted by atomic mass is 9.87. The lowest BCUT2D eigenvalue weighted by Gasteiger charge is -2.26.